The van der Waals surface area contributed by atoms with Crippen LogP contribution < -0.4 is 10.5 Å². The standard InChI is InChI=1S/C14H15F2N3OS.C4H6O6/c15-9-3-8-4-11(7-20-13(8)12(16)5-9)19-10(1-2-17)6-18-14(19)21;5-1(3(7)8)2(6)4(9)10/h3,5-6,11H,1-2,4,7,17H2,(H,18,21);1-2,5-6H,(H,7,8)(H,9,10)/t11-;/m1./s1. The molecule has 0 saturated heterocycles. The molecule has 7 N–H and O–H groups in total. The highest BCUT2D eigenvalue weighted by molar-refractivity contribution is 7.71. The number of carboxylic acids is 2. The fourth-order valence-electron chi connectivity index (χ4n) is 3.01. The number of aromatic nitrogens is 2. The Morgan fingerprint density at radius 3 is 2.42 bits per heavy atom. The average Bonchev–Trinajstić information content (AvgIpc) is 3.07. The number of benzene rings is 1. The Hall–Kier alpha value is -2.87. The molecule has 0 bridgehead atoms. The Morgan fingerprint density at radius 2 is 1.87 bits per heavy atom. The van der Waals surface area contributed by atoms with E-state index in [-0.39, 0.29) is 11.8 Å². The van der Waals surface area contributed by atoms with Crippen LogP contribution in [0.5, 0.6) is 5.75 Å². The van der Waals surface area contributed by atoms with E-state index in [2.05, 4.69) is 4.98 Å². The number of aromatic amines is 1. The fraction of sp³-hybridized carbons (Fsp3) is 0.389. The lowest BCUT2D eigenvalue weighted by Crippen LogP contribution is -2.39. The number of H-pyrrole nitrogens is 1. The molecule has 0 aliphatic carbocycles. The van der Waals surface area contributed by atoms with Crippen molar-refractivity contribution in [3.63, 3.8) is 0 Å². The first-order valence-corrected chi connectivity index (χ1v) is 9.38. The number of ether oxygens (including phenoxy) is 1. The van der Waals surface area contributed by atoms with E-state index in [0.717, 1.165) is 11.8 Å². The van der Waals surface area contributed by atoms with Crippen LogP contribution in [0.4, 0.5) is 8.78 Å². The van der Waals surface area contributed by atoms with Crippen molar-refractivity contribution >= 4 is 24.2 Å². The van der Waals surface area contributed by atoms with E-state index in [9.17, 15) is 18.4 Å². The Balaban J connectivity index is 0.000000291. The van der Waals surface area contributed by atoms with Crippen LogP contribution in [0, 0.1) is 16.4 Å². The summed E-state index contributed by atoms with van der Waals surface area (Å²) in [4.78, 5) is 22.5. The molecule has 31 heavy (non-hydrogen) atoms. The lowest BCUT2D eigenvalue weighted by atomic mass is 10.0. The molecular weight excluding hydrogens is 440 g/mol. The van der Waals surface area contributed by atoms with Gasteiger partial charge in [-0.1, -0.05) is 0 Å². The van der Waals surface area contributed by atoms with Gasteiger partial charge in [-0.3, -0.25) is 0 Å². The third kappa shape index (κ3) is 5.85. The van der Waals surface area contributed by atoms with Crippen molar-refractivity contribution in [2.75, 3.05) is 13.2 Å². The summed E-state index contributed by atoms with van der Waals surface area (Å²) in [5.41, 5.74) is 7.08. The molecule has 0 amide bonds. The molecule has 2 unspecified atom stereocenters. The van der Waals surface area contributed by atoms with Gasteiger partial charge in [0.2, 0.25) is 0 Å². The minimum Gasteiger partial charge on any atom is -0.488 e. The molecule has 1 aromatic carbocycles. The van der Waals surface area contributed by atoms with Gasteiger partial charge in [0.1, 0.15) is 12.4 Å². The van der Waals surface area contributed by atoms with Crippen molar-refractivity contribution in [3.05, 3.63) is 46.0 Å². The Morgan fingerprint density at radius 1 is 1.26 bits per heavy atom. The van der Waals surface area contributed by atoms with Crippen molar-refractivity contribution in [1.82, 2.24) is 9.55 Å². The summed E-state index contributed by atoms with van der Waals surface area (Å²) in [6.45, 7) is 0.791. The highest BCUT2D eigenvalue weighted by Gasteiger charge is 2.29. The Kier molecular flexibility index (Phi) is 8.21. The molecule has 1 aliphatic rings. The first-order valence-electron chi connectivity index (χ1n) is 8.98. The number of fused-ring (bicyclic) bond motifs is 1. The molecule has 170 valence electrons. The van der Waals surface area contributed by atoms with Crippen molar-refractivity contribution in [3.8, 4) is 5.75 Å². The average molecular weight is 461 g/mol. The predicted molar refractivity (Wildman–Crippen MR) is 104 cm³/mol. The number of nitrogens with two attached hydrogens (primary N) is 1. The molecule has 0 fully saturated rings. The molecule has 0 saturated carbocycles. The van der Waals surface area contributed by atoms with Gasteiger partial charge in [0.05, 0.1) is 6.04 Å². The van der Waals surface area contributed by atoms with E-state index in [1.807, 2.05) is 10.8 Å². The summed E-state index contributed by atoms with van der Waals surface area (Å²) in [7, 11) is 0. The quantitative estimate of drug-likeness (QED) is 0.333. The van der Waals surface area contributed by atoms with E-state index in [0.29, 0.717) is 36.3 Å². The van der Waals surface area contributed by atoms with E-state index in [4.69, 9.17) is 43.1 Å². The highest BCUT2D eigenvalue weighted by atomic mass is 32.1. The zero-order chi connectivity index (χ0) is 23.3. The van der Waals surface area contributed by atoms with Crippen LogP contribution in [0.2, 0.25) is 0 Å². The molecule has 2 heterocycles. The molecule has 13 heteroatoms. The zero-order valence-electron chi connectivity index (χ0n) is 16.0. The van der Waals surface area contributed by atoms with Gasteiger partial charge in [0.25, 0.3) is 0 Å². The maximum absolute atomic E-state index is 13.7. The number of hydrogen-bond donors (Lipinski definition) is 6. The minimum absolute atomic E-state index is 0.0981. The first kappa shape index (κ1) is 24.4. The summed E-state index contributed by atoms with van der Waals surface area (Å²) >= 11 is 5.28. The second kappa shape index (κ2) is 10.4. The largest absolute Gasteiger partial charge is 0.488 e. The van der Waals surface area contributed by atoms with E-state index >= 15 is 0 Å². The molecule has 1 aromatic heterocycles. The smallest absolute Gasteiger partial charge is 0.335 e. The number of rotatable bonds is 6. The summed E-state index contributed by atoms with van der Waals surface area (Å²) < 4.78 is 35.0. The van der Waals surface area contributed by atoms with Gasteiger partial charge in [-0.2, -0.15) is 0 Å². The molecule has 10 nitrogen and oxygen atoms in total. The van der Waals surface area contributed by atoms with Gasteiger partial charge in [0, 0.05) is 36.4 Å². The molecule has 1 aliphatic heterocycles. The van der Waals surface area contributed by atoms with Crippen LogP contribution in [0.3, 0.4) is 0 Å². The SMILES string of the molecule is NCCc1c[nH]c(=S)n1[C@H]1COc2c(F)cc(F)cc2C1.O=C(O)C(O)C(O)C(=O)O. The van der Waals surface area contributed by atoms with Crippen LogP contribution in [-0.4, -0.2) is 67.3 Å². The summed E-state index contributed by atoms with van der Waals surface area (Å²) in [6.07, 6.45) is -1.58. The Labute approximate surface area is 179 Å². The first-order chi connectivity index (χ1) is 14.6. The van der Waals surface area contributed by atoms with Gasteiger partial charge in [-0.25, -0.2) is 18.4 Å². The summed E-state index contributed by atoms with van der Waals surface area (Å²) in [5, 5.41) is 32.5. The number of halogens is 2. The number of nitrogens with zero attached hydrogens (tertiary/aromatic N) is 1. The molecule has 2 aromatic rings. The monoisotopic (exact) mass is 461 g/mol. The van der Waals surface area contributed by atoms with Crippen molar-refractivity contribution in [2.24, 2.45) is 5.73 Å². The Bertz CT molecular complexity index is 993. The van der Waals surface area contributed by atoms with Crippen LogP contribution in [0.15, 0.2) is 18.3 Å². The van der Waals surface area contributed by atoms with Gasteiger partial charge in [-0.05, 0) is 24.8 Å². The van der Waals surface area contributed by atoms with Crippen LogP contribution in [-0.2, 0) is 22.4 Å². The molecule has 0 spiro atoms. The normalized spacial score (nSPS) is 16.9. The summed E-state index contributed by atoms with van der Waals surface area (Å²) in [5.74, 6) is -4.67. The summed E-state index contributed by atoms with van der Waals surface area (Å²) in [6, 6.07) is 2.05. The number of imidazole rings is 1. The number of hydrogen-bond acceptors (Lipinski definition) is 7. The van der Waals surface area contributed by atoms with E-state index in [1.165, 1.54) is 6.07 Å². The third-order valence-electron chi connectivity index (χ3n) is 4.42. The number of aliphatic hydroxyl groups is 2. The van der Waals surface area contributed by atoms with Crippen molar-refractivity contribution in [2.45, 2.75) is 31.1 Å². The molecule has 3 rings (SSSR count). The van der Waals surface area contributed by atoms with Gasteiger partial charge >= 0.3 is 11.9 Å². The second-order valence-corrected chi connectivity index (χ2v) is 6.99. The molecule has 3 atom stereocenters. The second-order valence-electron chi connectivity index (χ2n) is 6.60. The lowest BCUT2D eigenvalue weighted by molar-refractivity contribution is -0.165. The van der Waals surface area contributed by atoms with Crippen LogP contribution in [0.25, 0.3) is 0 Å². The lowest BCUT2D eigenvalue weighted by Gasteiger charge is -2.27. The molecule has 0 radical (unpaired) electrons. The number of carbonyl (C=O) groups is 2. The van der Waals surface area contributed by atoms with Crippen LogP contribution >= 0.6 is 12.2 Å². The van der Waals surface area contributed by atoms with Gasteiger partial charge < -0.3 is 40.4 Å². The highest BCUT2D eigenvalue weighted by Crippen LogP contribution is 2.33. The van der Waals surface area contributed by atoms with Gasteiger partial charge in [0.15, 0.2) is 28.5 Å². The fourth-order valence-corrected chi connectivity index (χ4v) is 3.34. The number of carboxylic acid groups (broad SMARTS) is 2. The van der Waals surface area contributed by atoms with Crippen LogP contribution in [0.1, 0.15) is 17.3 Å². The number of aliphatic hydroxyl groups excluding tert-OH is 2. The number of nitrogens with one attached hydrogen (secondary N) is 1. The van der Waals surface area contributed by atoms with Gasteiger partial charge in [-0.15, -0.1) is 0 Å². The maximum atomic E-state index is 13.7. The maximum Gasteiger partial charge on any atom is 0.335 e. The van der Waals surface area contributed by atoms with Crippen molar-refractivity contribution < 1.29 is 43.5 Å². The topological polar surface area (TPSA) is 171 Å². The minimum atomic E-state index is -2.27. The number of aliphatic carboxylic acids is 2. The molecular formula is C18H21F2N3O7S. The predicted octanol–water partition coefficient (Wildman–Crippen LogP) is 0.379. The van der Waals surface area contributed by atoms with E-state index < -0.39 is 35.8 Å². The van der Waals surface area contributed by atoms with E-state index in [1.54, 1.807) is 0 Å². The zero-order valence-corrected chi connectivity index (χ0v) is 16.8. The third-order valence-corrected chi connectivity index (χ3v) is 4.74. The van der Waals surface area contributed by atoms with Crippen molar-refractivity contribution in [1.29, 1.82) is 0 Å².